The number of anilines is 1. The lowest BCUT2D eigenvalue weighted by Gasteiger charge is -2.29. The van der Waals surface area contributed by atoms with Gasteiger partial charge in [-0.3, -0.25) is 14.6 Å². The van der Waals surface area contributed by atoms with E-state index in [-0.39, 0.29) is 11.8 Å². The summed E-state index contributed by atoms with van der Waals surface area (Å²) in [6.07, 6.45) is 10.7. The molecule has 0 unspecified atom stereocenters. The number of carbonyl (C=O) groups excluding carboxylic acids is 2. The van der Waals surface area contributed by atoms with E-state index in [4.69, 9.17) is 0 Å². The summed E-state index contributed by atoms with van der Waals surface area (Å²) >= 11 is 0. The first-order valence-corrected chi connectivity index (χ1v) is 10.8. The van der Waals surface area contributed by atoms with Crippen LogP contribution in [0.4, 0.5) is 5.69 Å². The second-order valence-corrected chi connectivity index (χ2v) is 7.73. The van der Waals surface area contributed by atoms with Crippen LogP contribution in [0.25, 0.3) is 0 Å². The quantitative estimate of drug-likeness (QED) is 0.572. The molecular weight excluding hydrogens is 390 g/mol. The molecule has 3 heterocycles. The van der Waals surface area contributed by atoms with Crippen molar-refractivity contribution >= 4 is 17.5 Å². The summed E-state index contributed by atoms with van der Waals surface area (Å²) in [5.74, 6) is -0.0901. The minimum atomic E-state index is -0.164. The average molecular weight is 418 g/mol. The van der Waals surface area contributed by atoms with Crippen molar-refractivity contribution in [3.05, 3.63) is 78.1 Å². The van der Waals surface area contributed by atoms with Gasteiger partial charge < -0.3 is 14.8 Å². The molecule has 0 fully saturated rings. The summed E-state index contributed by atoms with van der Waals surface area (Å²) in [6.45, 7) is 2.03. The van der Waals surface area contributed by atoms with Crippen molar-refractivity contribution in [1.82, 2.24) is 19.9 Å². The Morgan fingerprint density at radius 1 is 1.16 bits per heavy atom. The number of hydrogen-bond donors (Lipinski definition) is 1. The van der Waals surface area contributed by atoms with Crippen LogP contribution in [-0.2, 0) is 24.2 Å². The number of rotatable bonds is 8. The zero-order valence-electron chi connectivity index (χ0n) is 17.5. The van der Waals surface area contributed by atoms with Crippen LogP contribution in [0.2, 0.25) is 0 Å². The molecule has 3 aromatic rings. The number of pyridine rings is 1. The first-order valence-electron chi connectivity index (χ1n) is 10.8. The highest BCUT2D eigenvalue weighted by molar-refractivity contribution is 5.98. The molecule has 160 valence electrons. The second kappa shape index (κ2) is 10.0. The highest BCUT2D eigenvalue weighted by atomic mass is 16.2. The number of aromatic nitrogens is 3. The monoisotopic (exact) mass is 417 g/mol. The minimum Gasteiger partial charge on any atom is -0.352 e. The van der Waals surface area contributed by atoms with Crippen LogP contribution >= 0.6 is 0 Å². The fourth-order valence-electron chi connectivity index (χ4n) is 3.83. The van der Waals surface area contributed by atoms with Gasteiger partial charge >= 0.3 is 0 Å². The molecule has 0 radical (unpaired) electrons. The van der Waals surface area contributed by atoms with E-state index in [1.807, 2.05) is 47.2 Å². The summed E-state index contributed by atoms with van der Waals surface area (Å²) in [5, 5.41) is 2.94. The molecule has 0 spiro atoms. The van der Waals surface area contributed by atoms with Gasteiger partial charge in [-0.05, 0) is 37.3 Å². The van der Waals surface area contributed by atoms with Gasteiger partial charge in [0, 0.05) is 44.6 Å². The van der Waals surface area contributed by atoms with Gasteiger partial charge in [0.15, 0.2) is 0 Å². The summed E-state index contributed by atoms with van der Waals surface area (Å²) < 4.78 is 1.98. The lowest BCUT2D eigenvalue weighted by Crippen LogP contribution is -2.36. The summed E-state index contributed by atoms with van der Waals surface area (Å²) in [5.41, 5.74) is 3.30. The van der Waals surface area contributed by atoms with Crippen molar-refractivity contribution < 1.29 is 9.59 Å². The first-order chi connectivity index (χ1) is 15.2. The van der Waals surface area contributed by atoms with Gasteiger partial charge in [0.05, 0.1) is 23.3 Å². The fraction of sp³-hybridized carbons (Fsp3) is 0.333. The average Bonchev–Trinajstić information content (AvgIpc) is 3.33. The molecule has 1 aliphatic heterocycles. The van der Waals surface area contributed by atoms with E-state index in [0.717, 1.165) is 42.8 Å². The predicted octanol–water partition coefficient (Wildman–Crippen LogP) is 3.01. The number of imidazole rings is 1. The molecule has 0 aliphatic carbocycles. The zero-order valence-corrected chi connectivity index (χ0v) is 17.5. The van der Waals surface area contributed by atoms with Crippen LogP contribution in [0.1, 0.15) is 40.9 Å². The van der Waals surface area contributed by atoms with Gasteiger partial charge in [-0.15, -0.1) is 0 Å². The molecule has 0 saturated heterocycles. The number of aryl methyl sites for hydroxylation is 3. The smallest absolute Gasteiger partial charge is 0.252 e. The van der Waals surface area contributed by atoms with Crippen molar-refractivity contribution in [2.45, 2.75) is 38.6 Å². The molecule has 7 heteroatoms. The molecule has 1 N–H and O–H groups in total. The largest absolute Gasteiger partial charge is 0.352 e. The third kappa shape index (κ3) is 5.36. The Balaban J connectivity index is 1.37. The van der Waals surface area contributed by atoms with Crippen LogP contribution in [0, 0.1) is 0 Å². The molecule has 4 rings (SSSR count). The Hall–Kier alpha value is -3.48. The Morgan fingerprint density at radius 2 is 2.03 bits per heavy atom. The van der Waals surface area contributed by atoms with Crippen molar-refractivity contribution in [3.63, 3.8) is 0 Å². The molecule has 2 aromatic heterocycles. The molecule has 31 heavy (non-hydrogen) atoms. The van der Waals surface area contributed by atoms with E-state index in [0.29, 0.717) is 31.5 Å². The molecule has 1 aromatic carbocycles. The number of fused-ring (bicyclic) bond motifs is 1. The van der Waals surface area contributed by atoms with Crippen molar-refractivity contribution in [2.75, 3.05) is 18.0 Å². The number of hydrogen-bond acceptors (Lipinski definition) is 4. The minimum absolute atomic E-state index is 0.0736. The predicted molar refractivity (Wildman–Crippen MR) is 119 cm³/mol. The molecular formula is C24H27N5O2. The third-order valence-electron chi connectivity index (χ3n) is 5.50. The number of nitrogens with one attached hydrogen (secondary N) is 1. The topological polar surface area (TPSA) is 80.1 Å². The van der Waals surface area contributed by atoms with Crippen molar-refractivity contribution in [2.24, 2.45) is 0 Å². The van der Waals surface area contributed by atoms with Gasteiger partial charge in [0.25, 0.3) is 5.91 Å². The van der Waals surface area contributed by atoms with Gasteiger partial charge in [0.1, 0.15) is 0 Å². The maximum absolute atomic E-state index is 12.9. The van der Waals surface area contributed by atoms with Crippen LogP contribution < -0.4 is 10.2 Å². The van der Waals surface area contributed by atoms with Gasteiger partial charge in [0.2, 0.25) is 5.91 Å². The lowest BCUT2D eigenvalue weighted by atomic mass is 10.0. The number of benzene rings is 1. The molecule has 0 atom stereocenters. The summed E-state index contributed by atoms with van der Waals surface area (Å²) in [6, 6.07) is 11.8. The van der Waals surface area contributed by atoms with Crippen LogP contribution in [-0.4, -0.2) is 39.4 Å². The highest BCUT2D eigenvalue weighted by Gasteiger charge is 2.24. The summed E-state index contributed by atoms with van der Waals surface area (Å²) in [4.78, 5) is 35.8. The molecule has 0 saturated carbocycles. The fourth-order valence-corrected chi connectivity index (χ4v) is 3.83. The molecule has 7 nitrogen and oxygen atoms in total. The lowest BCUT2D eigenvalue weighted by molar-refractivity contribution is -0.118. The van der Waals surface area contributed by atoms with Gasteiger partial charge in [-0.2, -0.15) is 0 Å². The van der Waals surface area contributed by atoms with E-state index < -0.39 is 0 Å². The Bertz CT molecular complexity index is 1020. The number of carbonyl (C=O) groups is 2. The van der Waals surface area contributed by atoms with Gasteiger partial charge in [-0.1, -0.05) is 30.3 Å². The maximum Gasteiger partial charge on any atom is 0.252 e. The van der Waals surface area contributed by atoms with Gasteiger partial charge in [-0.25, -0.2) is 4.98 Å². The van der Waals surface area contributed by atoms with E-state index >= 15 is 0 Å². The normalized spacial score (nSPS) is 13.0. The Morgan fingerprint density at radius 3 is 2.84 bits per heavy atom. The second-order valence-electron chi connectivity index (χ2n) is 7.73. The van der Waals surface area contributed by atoms with E-state index in [1.165, 1.54) is 0 Å². The van der Waals surface area contributed by atoms with E-state index in [2.05, 4.69) is 15.3 Å². The van der Waals surface area contributed by atoms with Crippen LogP contribution in [0.15, 0.2) is 61.3 Å². The Kier molecular flexibility index (Phi) is 6.72. The van der Waals surface area contributed by atoms with Crippen molar-refractivity contribution in [3.8, 4) is 0 Å². The summed E-state index contributed by atoms with van der Waals surface area (Å²) in [7, 11) is 0. The molecule has 2 amide bonds. The highest BCUT2D eigenvalue weighted by Crippen LogP contribution is 2.27. The van der Waals surface area contributed by atoms with Crippen LogP contribution in [0.3, 0.4) is 0 Å². The first kappa shape index (κ1) is 20.8. The van der Waals surface area contributed by atoms with Crippen LogP contribution in [0.5, 0.6) is 0 Å². The maximum atomic E-state index is 12.9. The SMILES string of the molecule is O=C(NCCCn1ccnc1)c1cnc2c(c1)N(C(=O)CCc1ccccc1)CCC2. The Labute approximate surface area is 182 Å². The number of nitrogens with zero attached hydrogens (tertiary/aromatic N) is 4. The van der Waals surface area contributed by atoms with E-state index in [1.54, 1.807) is 23.6 Å². The third-order valence-corrected chi connectivity index (χ3v) is 5.50. The van der Waals surface area contributed by atoms with Crippen molar-refractivity contribution in [1.29, 1.82) is 0 Å². The zero-order chi connectivity index (χ0) is 21.5. The number of amides is 2. The molecule has 0 bridgehead atoms. The molecule has 1 aliphatic rings. The standard InChI is InChI=1S/C24H27N5O2/c30-23(10-9-19-6-2-1-3-7-19)29-14-4-8-21-22(29)16-20(17-27-21)24(31)26-11-5-13-28-15-12-25-18-28/h1-3,6-7,12,15-18H,4-5,8-11,13-14H2,(H,26,31). The van der Waals surface area contributed by atoms with E-state index in [9.17, 15) is 9.59 Å².